The molecule has 9 N–H and O–H groups in total. The maximum Gasteiger partial charge on any atom is 0.335 e. The van der Waals surface area contributed by atoms with Crippen molar-refractivity contribution < 1.29 is 82.0 Å². The number of carboxylic acid groups (broad SMARTS) is 1. The summed E-state index contributed by atoms with van der Waals surface area (Å²) in [7, 11) is -3.53. The minimum absolute atomic E-state index is 0. The van der Waals surface area contributed by atoms with Gasteiger partial charge in [0, 0.05) is 54.8 Å². The Morgan fingerprint density at radius 3 is 1.62 bits per heavy atom. The molecule has 9 nitrogen and oxygen atoms in total. The third-order valence-electron chi connectivity index (χ3n) is 2.69. The van der Waals surface area contributed by atoms with E-state index < -0.39 is 16.0 Å². The van der Waals surface area contributed by atoms with Gasteiger partial charge in [-0.05, 0) is 37.1 Å². The first-order chi connectivity index (χ1) is 8.93. The van der Waals surface area contributed by atoms with E-state index in [0.717, 1.165) is 12.8 Å². The summed E-state index contributed by atoms with van der Waals surface area (Å²) in [6.45, 7) is 4.78. The van der Waals surface area contributed by atoms with Gasteiger partial charge in [0.05, 0.1) is 10.5 Å². The number of sulfonamides is 1. The Morgan fingerprint density at radius 2 is 1.33 bits per heavy atom. The van der Waals surface area contributed by atoms with Gasteiger partial charge in [0.2, 0.25) is 10.0 Å². The van der Waals surface area contributed by atoms with Crippen molar-refractivity contribution in [3.63, 3.8) is 0 Å². The molecule has 0 radical (unpaired) electrons. The van der Waals surface area contributed by atoms with Gasteiger partial charge in [-0.1, -0.05) is 13.8 Å². The van der Waals surface area contributed by atoms with Gasteiger partial charge in [0.15, 0.2) is 0 Å². The molecule has 0 saturated carbocycles. The summed E-state index contributed by atoms with van der Waals surface area (Å²) in [5.41, 5.74) is 0.0801. The molecule has 11 heteroatoms. The zero-order valence-corrected chi connectivity index (χ0v) is 17.6. The van der Waals surface area contributed by atoms with E-state index >= 15 is 0 Å². The van der Waals surface area contributed by atoms with Crippen LogP contribution in [0.25, 0.3) is 0 Å². The maximum absolute atomic E-state index is 12.4. The molecule has 24 heavy (non-hydrogen) atoms. The maximum atomic E-state index is 12.4. The standard InChI is InChI=1S/C13H19NO4S.Ce.4H2O/c1-3-9-14(10-4-2)19(17,18)12-7-5-11(6-8-12)13(15)16;;;;;/h5-8H,3-4,9-10H2,1-2H3,(H,15,16);;4*1H2. The van der Waals surface area contributed by atoms with Gasteiger partial charge in [-0.15, -0.1) is 0 Å². The second kappa shape index (κ2) is 16.3. The molecular weight excluding hydrogens is 470 g/mol. The average Bonchev–Trinajstić information content (AvgIpc) is 2.38. The molecule has 0 bridgehead atoms. The van der Waals surface area contributed by atoms with Crippen molar-refractivity contribution in [1.82, 2.24) is 4.31 Å². The van der Waals surface area contributed by atoms with Crippen LogP contribution in [0.15, 0.2) is 29.2 Å². The molecule has 0 aliphatic rings. The Bertz CT molecular complexity index is 529. The fourth-order valence-corrected chi connectivity index (χ4v) is 3.39. The number of rotatable bonds is 7. The predicted octanol–water partition coefficient (Wildman–Crippen LogP) is -1.10. The number of carbonyl (C=O) groups is 1. The molecular formula is C13H27CeNO8S. The van der Waals surface area contributed by atoms with Crippen LogP contribution in [0.5, 0.6) is 0 Å². The van der Waals surface area contributed by atoms with Crippen LogP contribution in [-0.4, -0.2) is 58.8 Å². The number of carboxylic acids is 1. The predicted molar refractivity (Wildman–Crippen MR) is 87.2 cm³/mol. The first-order valence-electron chi connectivity index (χ1n) is 6.27. The van der Waals surface area contributed by atoms with Crippen LogP contribution in [0.4, 0.5) is 0 Å². The minimum atomic E-state index is -3.53. The van der Waals surface area contributed by atoms with Crippen LogP contribution in [0.1, 0.15) is 37.0 Å². The summed E-state index contributed by atoms with van der Waals surface area (Å²) in [6.07, 6.45) is 1.48. The third kappa shape index (κ3) is 9.34. The smallest absolute Gasteiger partial charge is 0.335 e. The Morgan fingerprint density at radius 1 is 0.958 bits per heavy atom. The van der Waals surface area contributed by atoms with Crippen LogP contribution < -0.4 is 0 Å². The number of nitrogens with zero attached hydrogens (tertiary/aromatic N) is 1. The molecule has 0 unspecified atom stereocenters. The van der Waals surface area contributed by atoms with Crippen molar-refractivity contribution in [3.05, 3.63) is 29.8 Å². The third-order valence-corrected chi connectivity index (χ3v) is 4.60. The van der Waals surface area contributed by atoms with E-state index in [4.69, 9.17) is 5.11 Å². The van der Waals surface area contributed by atoms with E-state index in [1.807, 2.05) is 13.8 Å². The Balaban J connectivity index is -0.000000241. The van der Waals surface area contributed by atoms with Crippen molar-refractivity contribution >= 4 is 16.0 Å². The molecule has 0 heterocycles. The molecule has 0 amide bonds. The molecule has 0 aliphatic heterocycles. The summed E-state index contributed by atoms with van der Waals surface area (Å²) < 4.78 is 26.2. The van der Waals surface area contributed by atoms with Crippen LogP contribution in [0, 0.1) is 41.7 Å². The molecule has 0 aromatic heterocycles. The fourth-order valence-electron chi connectivity index (χ4n) is 1.77. The minimum Gasteiger partial charge on any atom is -0.478 e. The molecule has 1 rings (SSSR count). The van der Waals surface area contributed by atoms with Gasteiger partial charge < -0.3 is 27.0 Å². The topological polar surface area (TPSA) is 201 Å². The number of aromatic carboxylic acids is 1. The van der Waals surface area contributed by atoms with Crippen molar-refractivity contribution in [3.8, 4) is 0 Å². The zero-order valence-electron chi connectivity index (χ0n) is 13.7. The van der Waals surface area contributed by atoms with E-state index in [9.17, 15) is 13.2 Å². The van der Waals surface area contributed by atoms with Crippen LogP contribution in [0.3, 0.4) is 0 Å². The molecule has 0 fully saturated rings. The first-order valence-corrected chi connectivity index (χ1v) is 7.71. The van der Waals surface area contributed by atoms with Crippen molar-refractivity contribution in [2.24, 2.45) is 0 Å². The molecule has 1 aromatic rings. The molecule has 0 spiro atoms. The second-order valence-corrected chi connectivity index (χ2v) is 6.17. The summed E-state index contributed by atoms with van der Waals surface area (Å²) >= 11 is 0. The number of hydrogen-bond donors (Lipinski definition) is 1. The van der Waals surface area contributed by atoms with Crippen LogP contribution in [0.2, 0.25) is 0 Å². The van der Waals surface area contributed by atoms with Crippen molar-refractivity contribution in [2.45, 2.75) is 31.6 Å². The number of benzene rings is 1. The normalized spacial score (nSPS) is 9.29. The Kier molecular flexibility index (Phi) is 23.8. The van der Waals surface area contributed by atoms with Gasteiger partial charge in [0.1, 0.15) is 0 Å². The Labute approximate surface area is 175 Å². The van der Waals surface area contributed by atoms with Gasteiger partial charge in [0.25, 0.3) is 0 Å². The molecule has 0 saturated heterocycles. The summed E-state index contributed by atoms with van der Waals surface area (Å²) in [4.78, 5) is 10.9. The van der Waals surface area contributed by atoms with E-state index in [2.05, 4.69) is 0 Å². The summed E-state index contributed by atoms with van der Waals surface area (Å²) in [5, 5.41) is 8.80. The summed E-state index contributed by atoms with van der Waals surface area (Å²) in [6, 6.07) is 5.31. The van der Waals surface area contributed by atoms with Gasteiger partial charge in [-0.2, -0.15) is 4.31 Å². The molecule has 0 aliphatic carbocycles. The van der Waals surface area contributed by atoms with Gasteiger partial charge in [-0.25, -0.2) is 13.2 Å². The van der Waals surface area contributed by atoms with Crippen molar-refractivity contribution in [2.75, 3.05) is 13.1 Å². The van der Waals surface area contributed by atoms with Crippen LogP contribution >= 0.6 is 0 Å². The largest absolute Gasteiger partial charge is 0.478 e. The number of hydrogen-bond acceptors (Lipinski definition) is 3. The molecule has 142 valence electrons. The van der Waals surface area contributed by atoms with E-state index in [1.165, 1.54) is 28.6 Å². The van der Waals surface area contributed by atoms with E-state index in [0.29, 0.717) is 13.1 Å². The van der Waals surface area contributed by atoms with E-state index in [-0.39, 0.29) is 74.1 Å². The fraction of sp³-hybridized carbons (Fsp3) is 0.462. The van der Waals surface area contributed by atoms with Gasteiger partial charge in [-0.3, -0.25) is 0 Å². The SMILES string of the molecule is CCCN(CCC)S(=O)(=O)c1ccc(C(=O)O)cc1.O.O.O.O.[Ce]. The van der Waals surface area contributed by atoms with Gasteiger partial charge >= 0.3 is 5.97 Å². The van der Waals surface area contributed by atoms with Crippen LogP contribution in [-0.2, 0) is 10.0 Å². The van der Waals surface area contributed by atoms with E-state index in [1.54, 1.807) is 0 Å². The molecule has 1 aromatic carbocycles. The average molecular weight is 498 g/mol. The Hall–Kier alpha value is -0.183. The van der Waals surface area contributed by atoms with Crippen molar-refractivity contribution in [1.29, 1.82) is 0 Å². The second-order valence-electron chi connectivity index (χ2n) is 4.23. The first kappa shape index (κ1) is 35.0. The zero-order chi connectivity index (χ0) is 14.5. The molecule has 0 atom stereocenters. The summed E-state index contributed by atoms with van der Waals surface area (Å²) in [5.74, 6) is -1.07. The monoisotopic (exact) mass is 497 g/mol. The quantitative estimate of drug-likeness (QED) is 0.498.